The van der Waals surface area contributed by atoms with Gasteiger partial charge in [-0.15, -0.1) is 0 Å². The molecule has 0 atom stereocenters. The Morgan fingerprint density at radius 2 is 1.70 bits per heavy atom. The summed E-state index contributed by atoms with van der Waals surface area (Å²) >= 11 is 0. The average Bonchev–Trinajstić information content (AvgIpc) is 2.46. The molecule has 0 fully saturated rings. The number of benzene rings is 2. The fourth-order valence-electron chi connectivity index (χ4n) is 2.46. The van der Waals surface area contributed by atoms with Crippen LogP contribution >= 0.6 is 0 Å². The maximum absolute atomic E-state index is 3.53. The Balaban J connectivity index is 1.73. The van der Waals surface area contributed by atoms with E-state index in [0.717, 1.165) is 26.1 Å². The highest BCUT2D eigenvalue weighted by molar-refractivity contribution is 5.85. The average molecular weight is 270 g/mol. The second kappa shape index (κ2) is 8.03. The van der Waals surface area contributed by atoms with Crippen LogP contribution in [0.5, 0.6) is 0 Å². The Labute approximate surface area is 122 Å². The van der Waals surface area contributed by atoms with Gasteiger partial charge in [0.2, 0.25) is 0 Å². The van der Waals surface area contributed by atoms with Crippen molar-refractivity contribution in [2.45, 2.75) is 32.7 Å². The maximum atomic E-state index is 3.53. The predicted octanol–water partition coefficient (Wildman–Crippen LogP) is 3.36. The van der Waals surface area contributed by atoms with E-state index < -0.39 is 0 Å². The summed E-state index contributed by atoms with van der Waals surface area (Å²) in [5.74, 6) is 0. The largest absolute Gasteiger partial charge is 0.316 e. The van der Waals surface area contributed by atoms with Crippen molar-refractivity contribution < 1.29 is 0 Å². The van der Waals surface area contributed by atoms with E-state index in [2.05, 4.69) is 66.9 Å². The van der Waals surface area contributed by atoms with Crippen molar-refractivity contribution in [3.05, 3.63) is 48.0 Å². The van der Waals surface area contributed by atoms with Crippen LogP contribution in [0, 0.1) is 0 Å². The molecule has 2 aromatic carbocycles. The molecule has 0 radical (unpaired) electrons. The first-order valence-corrected chi connectivity index (χ1v) is 7.68. The normalized spacial score (nSPS) is 11.3. The monoisotopic (exact) mass is 270 g/mol. The molecule has 0 amide bonds. The Hall–Kier alpha value is -1.38. The highest BCUT2D eigenvalue weighted by atomic mass is 14.9. The van der Waals surface area contributed by atoms with Gasteiger partial charge in [0, 0.05) is 6.04 Å². The lowest BCUT2D eigenvalue weighted by atomic mass is 10.0. The molecular weight excluding hydrogens is 244 g/mol. The lowest BCUT2D eigenvalue weighted by molar-refractivity contribution is 0.548. The van der Waals surface area contributed by atoms with Crippen LogP contribution in [-0.2, 0) is 6.42 Å². The molecule has 2 aromatic rings. The zero-order valence-corrected chi connectivity index (χ0v) is 12.7. The molecule has 0 saturated carbocycles. The van der Waals surface area contributed by atoms with E-state index in [0.29, 0.717) is 6.04 Å². The highest BCUT2D eigenvalue weighted by Crippen LogP contribution is 2.18. The molecule has 0 saturated heterocycles. The molecule has 2 heteroatoms. The summed E-state index contributed by atoms with van der Waals surface area (Å²) < 4.78 is 0. The van der Waals surface area contributed by atoms with E-state index in [9.17, 15) is 0 Å². The van der Waals surface area contributed by atoms with Crippen molar-refractivity contribution in [1.82, 2.24) is 10.6 Å². The van der Waals surface area contributed by atoms with Gasteiger partial charge in [-0.25, -0.2) is 0 Å². The van der Waals surface area contributed by atoms with Crippen molar-refractivity contribution in [3.63, 3.8) is 0 Å². The summed E-state index contributed by atoms with van der Waals surface area (Å²) in [7, 11) is 0. The molecule has 0 bridgehead atoms. The molecule has 20 heavy (non-hydrogen) atoms. The zero-order valence-electron chi connectivity index (χ0n) is 12.7. The first kappa shape index (κ1) is 15.0. The summed E-state index contributed by atoms with van der Waals surface area (Å²) in [4.78, 5) is 0. The van der Waals surface area contributed by atoms with Crippen LogP contribution in [0.25, 0.3) is 10.8 Å². The van der Waals surface area contributed by atoms with E-state index >= 15 is 0 Å². The van der Waals surface area contributed by atoms with E-state index in [-0.39, 0.29) is 0 Å². The second-order valence-corrected chi connectivity index (χ2v) is 5.60. The minimum Gasteiger partial charge on any atom is -0.316 e. The van der Waals surface area contributed by atoms with Crippen molar-refractivity contribution in [3.8, 4) is 0 Å². The molecule has 0 aliphatic rings. The number of fused-ring (bicyclic) bond motifs is 1. The fraction of sp³-hybridized carbons (Fsp3) is 0.444. The molecule has 2 rings (SSSR count). The SMILES string of the molecule is CC(C)NCCCNCCc1cccc2ccccc12. The van der Waals surface area contributed by atoms with Gasteiger partial charge >= 0.3 is 0 Å². The molecule has 0 unspecified atom stereocenters. The third-order valence-corrected chi connectivity index (χ3v) is 3.53. The topological polar surface area (TPSA) is 24.1 Å². The highest BCUT2D eigenvalue weighted by Gasteiger charge is 1.99. The van der Waals surface area contributed by atoms with Crippen LogP contribution in [0.4, 0.5) is 0 Å². The van der Waals surface area contributed by atoms with E-state index in [1.54, 1.807) is 0 Å². The van der Waals surface area contributed by atoms with Crippen LogP contribution in [0.2, 0.25) is 0 Å². The minimum atomic E-state index is 0.589. The Morgan fingerprint density at radius 1 is 0.900 bits per heavy atom. The number of hydrogen-bond acceptors (Lipinski definition) is 2. The molecule has 2 nitrogen and oxygen atoms in total. The lowest BCUT2D eigenvalue weighted by Crippen LogP contribution is -2.27. The van der Waals surface area contributed by atoms with Gasteiger partial charge in [0.25, 0.3) is 0 Å². The van der Waals surface area contributed by atoms with Crippen LogP contribution in [0.15, 0.2) is 42.5 Å². The smallest absolute Gasteiger partial charge is 0.00103 e. The molecule has 2 N–H and O–H groups in total. The Kier molecular flexibility index (Phi) is 6.03. The van der Waals surface area contributed by atoms with Gasteiger partial charge in [0.15, 0.2) is 0 Å². The number of hydrogen-bond donors (Lipinski definition) is 2. The van der Waals surface area contributed by atoms with Gasteiger partial charge in [-0.2, -0.15) is 0 Å². The summed E-state index contributed by atoms with van der Waals surface area (Å²) in [5.41, 5.74) is 1.44. The van der Waals surface area contributed by atoms with E-state index in [1.165, 1.54) is 22.8 Å². The predicted molar refractivity (Wildman–Crippen MR) is 88.3 cm³/mol. The lowest BCUT2D eigenvalue weighted by Gasteiger charge is -2.09. The van der Waals surface area contributed by atoms with Crippen LogP contribution in [-0.4, -0.2) is 25.7 Å². The molecule has 0 heterocycles. The first-order valence-electron chi connectivity index (χ1n) is 7.68. The van der Waals surface area contributed by atoms with Gasteiger partial charge < -0.3 is 10.6 Å². The third kappa shape index (κ3) is 4.62. The minimum absolute atomic E-state index is 0.589. The van der Waals surface area contributed by atoms with Crippen molar-refractivity contribution >= 4 is 10.8 Å². The van der Waals surface area contributed by atoms with Crippen molar-refractivity contribution in [2.24, 2.45) is 0 Å². The summed E-state index contributed by atoms with van der Waals surface area (Å²) in [6.07, 6.45) is 2.28. The second-order valence-electron chi connectivity index (χ2n) is 5.60. The van der Waals surface area contributed by atoms with Gasteiger partial charge in [-0.3, -0.25) is 0 Å². The van der Waals surface area contributed by atoms with Gasteiger partial charge in [-0.1, -0.05) is 56.3 Å². The fourth-order valence-corrected chi connectivity index (χ4v) is 2.46. The standard InChI is InChI=1S/C18H26N2/c1-15(2)20-13-6-12-19-14-11-17-9-5-8-16-7-3-4-10-18(16)17/h3-5,7-10,15,19-20H,6,11-14H2,1-2H3. The molecule has 0 aromatic heterocycles. The molecule has 0 spiro atoms. The zero-order chi connectivity index (χ0) is 14.2. The van der Waals surface area contributed by atoms with Crippen molar-refractivity contribution in [1.29, 1.82) is 0 Å². The quantitative estimate of drug-likeness (QED) is 0.719. The third-order valence-electron chi connectivity index (χ3n) is 3.53. The molecule has 0 aliphatic heterocycles. The number of nitrogens with one attached hydrogen (secondary N) is 2. The van der Waals surface area contributed by atoms with Gasteiger partial charge in [0.05, 0.1) is 0 Å². The first-order chi connectivity index (χ1) is 9.77. The van der Waals surface area contributed by atoms with Crippen LogP contribution in [0.3, 0.4) is 0 Å². The Morgan fingerprint density at radius 3 is 2.55 bits per heavy atom. The molecule has 108 valence electrons. The molecular formula is C18H26N2. The van der Waals surface area contributed by atoms with Crippen LogP contribution < -0.4 is 10.6 Å². The summed E-state index contributed by atoms with van der Waals surface area (Å²) in [6, 6.07) is 15.8. The number of rotatable bonds is 8. The maximum Gasteiger partial charge on any atom is 0.00103 e. The van der Waals surface area contributed by atoms with E-state index in [1.807, 2.05) is 0 Å². The van der Waals surface area contributed by atoms with Gasteiger partial charge in [0.1, 0.15) is 0 Å². The van der Waals surface area contributed by atoms with Crippen LogP contribution in [0.1, 0.15) is 25.8 Å². The summed E-state index contributed by atoms with van der Waals surface area (Å²) in [6.45, 7) is 7.61. The van der Waals surface area contributed by atoms with E-state index in [4.69, 9.17) is 0 Å². The Bertz CT molecular complexity index is 514. The van der Waals surface area contributed by atoms with Gasteiger partial charge in [-0.05, 0) is 48.8 Å². The molecule has 0 aliphatic carbocycles. The summed E-state index contributed by atoms with van der Waals surface area (Å²) in [5, 5.41) is 9.70. The van der Waals surface area contributed by atoms with Crippen molar-refractivity contribution in [2.75, 3.05) is 19.6 Å².